The molecule has 2 nitrogen and oxygen atoms in total. The molecule has 1 atom stereocenters. The van der Waals surface area contributed by atoms with Gasteiger partial charge in [-0.25, -0.2) is 4.39 Å². The Kier molecular flexibility index (Phi) is 4.09. The van der Waals surface area contributed by atoms with Crippen LogP contribution in [-0.2, 0) is 0 Å². The Balaban J connectivity index is 2.56. The number of hydrogen-bond donors (Lipinski definition) is 1. The maximum absolute atomic E-state index is 14.3. The minimum atomic E-state index is -0.248. The van der Waals surface area contributed by atoms with E-state index in [4.69, 9.17) is 5.73 Å². The van der Waals surface area contributed by atoms with E-state index in [-0.39, 0.29) is 11.9 Å². The number of rotatable bonds is 3. The monoisotopic (exact) mass is 272 g/mol. The maximum atomic E-state index is 14.3. The average Bonchev–Trinajstić information content (AvgIpc) is 2.37. The third kappa shape index (κ3) is 2.68. The van der Waals surface area contributed by atoms with E-state index < -0.39 is 0 Å². The fourth-order valence-electron chi connectivity index (χ4n) is 2.56. The quantitative estimate of drug-likeness (QED) is 0.906. The highest BCUT2D eigenvalue weighted by molar-refractivity contribution is 5.69. The van der Waals surface area contributed by atoms with Gasteiger partial charge in [0, 0.05) is 18.8 Å². The number of aryl methyl sites for hydroxylation is 2. The number of anilines is 2. The Bertz CT molecular complexity index is 620. The first-order valence-corrected chi connectivity index (χ1v) is 6.76. The number of nitrogens with zero attached hydrogens (tertiary/aromatic N) is 1. The molecule has 0 bridgehead atoms. The Morgan fingerprint density at radius 1 is 1.15 bits per heavy atom. The van der Waals surface area contributed by atoms with Crippen LogP contribution in [0.25, 0.3) is 0 Å². The van der Waals surface area contributed by atoms with Crippen LogP contribution in [0.5, 0.6) is 0 Å². The molecule has 0 spiro atoms. The first kappa shape index (κ1) is 14.5. The van der Waals surface area contributed by atoms with Crippen LogP contribution in [0.3, 0.4) is 0 Å². The number of nitrogens with two attached hydrogens (primary N) is 1. The van der Waals surface area contributed by atoms with E-state index in [0.29, 0.717) is 5.69 Å². The zero-order valence-corrected chi connectivity index (χ0v) is 12.4. The summed E-state index contributed by atoms with van der Waals surface area (Å²) in [6.07, 6.45) is 0. The molecule has 0 heterocycles. The predicted molar refractivity (Wildman–Crippen MR) is 83.0 cm³/mol. The summed E-state index contributed by atoms with van der Waals surface area (Å²) in [6, 6.07) is 11.0. The van der Waals surface area contributed by atoms with Crippen LogP contribution in [0.1, 0.15) is 29.7 Å². The Hall–Kier alpha value is -1.87. The van der Waals surface area contributed by atoms with E-state index in [1.54, 1.807) is 6.07 Å². The molecule has 0 saturated carbocycles. The van der Waals surface area contributed by atoms with Gasteiger partial charge in [0.15, 0.2) is 0 Å². The fourth-order valence-corrected chi connectivity index (χ4v) is 2.56. The Morgan fingerprint density at radius 2 is 1.85 bits per heavy atom. The van der Waals surface area contributed by atoms with Crippen molar-refractivity contribution in [3.63, 3.8) is 0 Å². The molecule has 106 valence electrons. The zero-order valence-electron chi connectivity index (χ0n) is 12.4. The standard InChI is InChI=1S/C17H21FN2/c1-11-8-9-16(12(2)10-11)20(4)17-14(13(3)19)6-5-7-15(17)18/h5-10,13H,19H2,1-4H3. The molecule has 0 aliphatic rings. The number of hydrogen-bond acceptors (Lipinski definition) is 2. The highest BCUT2D eigenvalue weighted by atomic mass is 19.1. The van der Waals surface area contributed by atoms with Gasteiger partial charge in [-0.3, -0.25) is 0 Å². The average molecular weight is 272 g/mol. The van der Waals surface area contributed by atoms with Crippen LogP contribution in [0.2, 0.25) is 0 Å². The second kappa shape index (κ2) is 5.63. The van der Waals surface area contributed by atoms with Crippen LogP contribution in [-0.4, -0.2) is 7.05 Å². The minimum Gasteiger partial charge on any atom is -0.342 e. The van der Waals surface area contributed by atoms with E-state index in [1.807, 2.05) is 50.9 Å². The molecule has 0 radical (unpaired) electrons. The highest BCUT2D eigenvalue weighted by Gasteiger charge is 2.17. The third-order valence-electron chi connectivity index (χ3n) is 3.56. The summed E-state index contributed by atoms with van der Waals surface area (Å²) < 4.78 is 14.3. The van der Waals surface area contributed by atoms with Gasteiger partial charge in [-0.1, -0.05) is 29.8 Å². The molecule has 3 heteroatoms. The van der Waals surface area contributed by atoms with E-state index in [2.05, 4.69) is 6.07 Å². The van der Waals surface area contributed by atoms with Gasteiger partial charge in [0.05, 0.1) is 5.69 Å². The molecule has 2 aromatic carbocycles. The zero-order chi connectivity index (χ0) is 14.9. The molecule has 0 aliphatic carbocycles. The lowest BCUT2D eigenvalue weighted by Crippen LogP contribution is -2.18. The summed E-state index contributed by atoms with van der Waals surface area (Å²) in [5.41, 5.74) is 10.6. The van der Waals surface area contributed by atoms with Crippen molar-refractivity contribution >= 4 is 11.4 Å². The summed E-state index contributed by atoms with van der Waals surface area (Å²) >= 11 is 0. The highest BCUT2D eigenvalue weighted by Crippen LogP contribution is 2.34. The molecule has 0 saturated heterocycles. The van der Waals surface area contributed by atoms with Gasteiger partial charge >= 0.3 is 0 Å². The molecule has 0 aliphatic heterocycles. The molecular weight excluding hydrogens is 251 g/mol. The van der Waals surface area contributed by atoms with Gasteiger partial charge in [0.2, 0.25) is 0 Å². The van der Waals surface area contributed by atoms with E-state index in [0.717, 1.165) is 16.8 Å². The number of benzene rings is 2. The summed E-state index contributed by atoms with van der Waals surface area (Å²) in [5.74, 6) is -0.248. The van der Waals surface area contributed by atoms with Crippen LogP contribution < -0.4 is 10.6 Å². The number of para-hydroxylation sites is 1. The smallest absolute Gasteiger partial charge is 0.147 e. The lowest BCUT2D eigenvalue weighted by molar-refractivity contribution is 0.622. The molecular formula is C17H21FN2. The topological polar surface area (TPSA) is 29.3 Å². The van der Waals surface area contributed by atoms with Gasteiger partial charge in [-0.15, -0.1) is 0 Å². The first-order valence-electron chi connectivity index (χ1n) is 6.76. The first-order chi connectivity index (χ1) is 9.41. The maximum Gasteiger partial charge on any atom is 0.147 e. The summed E-state index contributed by atoms with van der Waals surface area (Å²) in [5, 5.41) is 0. The van der Waals surface area contributed by atoms with Crippen LogP contribution in [0.15, 0.2) is 36.4 Å². The Morgan fingerprint density at radius 3 is 2.45 bits per heavy atom. The summed E-state index contributed by atoms with van der Waals surface area (Å²) in [7, 11) is 1.88. The molecule has 2 aromatic rings. The van der Waals surface area contributed by atoms with Crippen LogP contribution >= 0.6 is 0 Å². The Labute approximate surface area is 120 Å². The van der Waals surface area contributed by atoms with Crippen molar-refractivity contribution in [3.8, 4) is 0 Å². The van der Waals surface area contributed by atoms with Gasteiger partial charge in [0.1, 0.15) is 5.82 Å². The van der Waals surface area contributed by atoms with Crippen molar-refractivity contribution in [1.82, 2.24) is 0 Å². The van der Waals surface area contributed by atoms with Crippen molar-refractivity contribution in [1.29, 1.82) is 0 Å². The van der Waals surface area contributed by atoms with Crippen molar-refractivity contribution in [3.05, 3.63) is 58.9 Å². The summed E-state index contributed by atoms with van der Waals surface area (Å²) in [4.78, 5) is 1.88. The fraction of sp³-hybridized carbons (Fsp3) is 0.294. The van der Waals surface area contributed by atoms with Crippen LogP contribution in [0, 0.1) is 19.7 Å². The van der Waals surface area contributed by atoms with Gasteiger partial charge in [-0.2, -0.15) is 0 Å². The predicted octanol–water partition coefficient (Wildman–Crippen LogP) is 4.23. The summed E-state index contributed by atoms with van der Waals surface area (Å²) in [6.45, 7) is 5.95. The molecule has 0 fully saturated rings. The van der Waals surface area contributed by atoms with Crippen LogP contribution in [0.4, 0.5) is 15.8 Å². The third-order valence-corrected chi connectivity index (χ3v) is 3.56. The van der Waals surface area contributed by atoms with E-state index in [9.17, 15) is 4.39 Å². The van der Waals surface area contributed by atoms with Gasteiger partial charge in [-0.05, 0) is 44.0 Å². The second-order valence-electron chi connectivity index (χ2n) is 5.32. The van der Waals surface area contributed by atoms with Crippen molar-refractivity contribution in [2.75, 3.05) is 11.9 Å². The largest absolute Gasteiger partial charge is 0.342 e. The SMILES string of the molecule is Cc1ccc(N(C)c2c(F)cccc2C(C)N)c(C)c1. The molecule has 2 rings (SSSR count). The lowest BCUT2D eigenvalue weighted by Gasteiger charge is -2.26. The van der Waals surface area contributed by atoms with Crippen molar-refractivity contribution < 1.29 is 4.39 Å². The molecule has 1 unspecified atom stereocenters. The molecule has 20 heavy (non-hydrogen) atoms. The van der Waals surface area contributed by atoms with E-state index >= 15 is 0 Å². The molecule has 2 N–H and O–H groups in total. The van der Waals surface area contributed by atoms with Gasteiger partial charge in [0.25, 0.3) is 0 Å². The van der Waals surface area contributed by atoms with E-state index in [1.165, 1.54) is 11.6 Å². The normalized spacial score (nSPS) is 12.3. The number of halogens is 1. The molecule has 0 amide bonds. The molecule has 0 aromatic heterocycles. The van der Waals surface area contributed by atoms with Gasteiger partial charge < -0.3 is 10.6 Å². The van der Waals surface area contributed by atoms with Crippen molar-refractivity contribution in [2.45, 2.75) is 26.8 Å². The lowest BCUT2D eigenvalue weighted by atomic mass is 10.0. The minimum absolute atomic E-state index is 0.214. The second-order valence-corrected chi connectivity index (χ2v) is 5.32. The van der Waals surface area contributed by atoms with Crippen molar-refractivity contribution in [2.24, 2.45) is 5.73 Å².